The number of benzene rings is 1. The van der Waals surface area contributed by atoms with E-state index in [0.717, 1.165) is 10.9 Å². The smallest absolute Gasteiger partial charge is 0.259 e. The van der Waals surface area contributed by atoms with Gasteiger partial charge < -0.3 is 9.30 Å². The molecule has 0 atom stereocenters. The number of hydrogen-bond acceptors (Lipinski definition) is 4. The maximum Gasteiger partial charge on any atom is 0.259 e. The molecule has 26 heavy (non-hydrogen) atoms. The number of aromatic nitrogens is 3. The van der Waals surface area contributed by atoms with Crippen LogP contribution >= 0.6 is 15.9 Å². The Bertz CT molecular complexity index is 1170. The predicted octanol–water partition coefficient (Wildman–Crippen LogP) is 4.55. The van der Waals surface area contributed by atoms with Gasteiger partial charge in [0.05, 0.1) is 16.8 Å². The van der Waals surface area contributed by atoms with Crippen LogP contribution in [-0.4, -0.2) is 14.5 Å². The van der Waals surface area contributed by atoms with Crippen LogP contribution in [0.5, 0.6) is 11.5 Å². The lowest BCUT2D eigenvalue weighted by molar-refractivity contribution is 0.482. The van der Waals surface area contributed by atoms with Crippen LogP contribution in [0, 0.1) is 0 Å². The third-order valence-electron chi connectivity index (χ3n) is 3.99. The van der Waals surface area contributed by atoms with Gasteiger partial charge in [0, 0.05) is 30.9 Å². The van der Waals surface area contributed by atoms with Crippen LogP contribution in [0.2, 0.25) is 0 Å². The summed E-state index contributed by atoms with van der Waals surface area (Å²) in [4.78, 5) is 21.0. The molecule has 1 aromatic carbocycles. The lowest BCUT2D eigenvalue weighted by Gasteiger charge is -2.08. The lowest BCUT2D eigenvalue weighted by atomic mass is 10.1. The highest BCUT2D eigenvalue weighted by Gasteiger charge is 2.08. The first kappa shape index (κ1) is 16.5. The second-order valence-electron chi connectivity index (χ2n) is 5.81. The summed E-state index contributed by atoms with van der Waals surface area (Å²) in [6.07, 6.45) is 3.41. The van der Waals surface area contributed by atoms with Crippen molar-refractivity contribution in [1.82, 2.24) is 14.5 Å². The summed E-state index contributed by atoms with van der Waals surface area (Å²) in [5.74, 6) is 1.41. The maximum absolute atomic E-state index is 12.3. The molecule has 4 aromatic rings. The normalized spacial score (nSPS) is 10.8. The minimum Gasteiger partial charge on any atom is -0.457 e. The molecule has 0 bridgehead atoms. The first-order valence-electron chi connectivity index (χ1n) is 7.96. The van der Waals surface area contributed by atoms with Crippen molar-refractivity contribution in [3.63, 3.8) is 0 Å². The average Bonchev–Trinajstić information content (AvgIpc) is 2.64. The SMILES string of the molecule is Cn1cccc(-c2ccc3cc(Oc4ccnc(Br)c4)ccc3n2)c1=O. The van der Waals surface area contributed by atoms with Gasteiger partial charge >= 0.3 is 0 Å². The van der Waals surface area contributed by atoms with Gasteiger partial charge in [0.15, 0.2) is 0 Å². The van der Waals surface area contributed by atoms with Crippen LogP contribution in [0.25, 0.3) is 22.2 Å². The second-order valence-corrected chi connectivity index (χ2v) is 6.62. The quantitative estimate of drug-likeness (QED) is 0.467. The van der Waals surface area contributed by atoms with Crippen LogP contribution in [0.15, 0.2) is 76.4 Å². The topological polar surface area (TPSA) is 57.0 Å². The van der Waals surface area contributed by atoms with E-state index in [1.54, 1.807) is 42.2 Å². The first-order chi connectivity index (χ1) is 12.6. The van der Waals surface area contributed by atoms with E-state index in [2.05, 4.69) is 25.9 Å². The number of aryl methyl sites for hydroxylation is 1. The summed E-state index contributed by atoms with van der Waals surface area (Å²) in [6.45, 7) is 0. The molecule has 4 rings (SSSR count). The van der Waals surface area contributed by atoms with Crippen LogP contribution in [-0.2, 0) is 7.05 Å². The molecule has 5 nitrogen and oxygen atoms in total. The molecular formula is C20H14BrN3O2. The molecule has 6 heteroatoms. The van der Waals surface area contributed by atoms with Gasteiger partial charge in [-0.25, -0.2) is 9.97 Å². The predicted molar refractivity (Wildman–Crippen MR) is 104 cm³/mol. The van der Waals surface area contributed by atoms with Crippen LogP contribution in [0.3, 0.4) is 0 Å². The highest BCUT2D eigenvalue weighted by molar-refractivity contribution is 9.10. The van der Waals surface area contributed by atoms with Crippen LogP contribution in [0.1, 0.15) is 0 Å². The van der Waals surface area contributed by atoms with E-state index in [1.165, 1.54) is 0 Å². The molecule has 0 aliphatic heterocycles. The third-order valence-corrected chi connectivity index (χ3v) is 4.43. The summed E-state index contributed by atoms with van der Waals surface area (Å²) in [6, 6.07) is 16.7. The molecule has 0 N–H and O–H groups in total. The van der Waals surface area contributed by atoms with E-state index in [1.807, 2.05) is 36.4 Å². The fraction of sp³-hybridized carbons (Fsp3) is 0.0500. The molecule has 3 heterocycles. The highest BCUT2D eigenvalue weighted by Crippen LogP contribution is 2.27. The molecule has 3 aromatic heterocycles. The minimum atomic E-state index is -0.0671. The van der Waals surface area contributed by atoms with E-state index in [9.17, 15) is 4.79 Å². The second kappa shape index (κ2) is 6.72. The minimum absolute atomic E-state index is 0.0671. The Morgan fingerprint density at radius 1 is 1.04 bits per heavy atom. The summed E-state index contributed by atoms with van der Waals surface area (Å²) < 4.78 is 8.13. The van der Waals surface area contributed by atoms with E-state index in [0.29, 0.717) is 27.4 Å². The maximum atomic E-state index is 12.3. The monoisotopic (exact) mass is 407 g/mol. The van der Waals surface area contributed by atoms with Crippen molar-refractivity contribution in [1.29, 1.82) is 0 Å². The number of hydrogen-bond donors (Lipinski definition) is 0. The van der Waals surface area contributed by atoms with Crippen molar-refractivity contribution in [2.24, 2.45) is 7.05 Å². The Morgan fingerprint density at radius 2 is 1.88 bits per heavy atom. The van der Waals surface area contributed by atoms with Gasteiger partial charge in [-0.2, -0.15) is 0 Å². The van der Waals surface area contributed by atoms with E-state index < -0.39 is 0 Å². The standard InChI is InChI=1S/C20H14BrN3O2/c1-24-10-2-3-16(20(24)25)18-6-4-13-11-14(5-7-17(13)23-18)26-15-8-9-22-19(21)12-15/h2-12H,1H3. The van der Waals surface area contributed by atoms with E-state index in [-0.39, 0.29) is 5.56 Å². The van der Waals surface area contributed by atoms with Gasteiger partial charge in [-0.3, -0.25) is 4.79 Å². The number of ether oxygens (including phenoxy) is 1. The molecule has 128 valence electrons. The molecule has 0 spiro atoms. The van der Waals surface area contributed by atoms with Crippen molar-refractivity contribution < 1.29 is 4.74 Å². The van der Waals surface area contributed by atoms with Gasteiger partial charge in [0.25, 0.3) is 5.56 Å². The van der Waals surface area contributed by atoms with Gasteiger partial charge in [-0.05, 0) is 58.4 Å². The Kier molecular flexibility index (Phi) is 4.26. The van der Waals surface area contributed by atoms with Crippen molar-refractivity contribution >= 4 is 26.8 Å². The van der Waals surface area contributed by atoms with Gasteiger partial charge in [-0.1, -0.05) is 6.07 Å². The Hall–Kier alpha value is -2.99. The summed E-state index contributed by atoms with van der Waals surface area (Å²) in [7, 11) is 1.73. The first-order valence-corrected chi connectivity index (χ1v) is 8.76. The van der Waals surface area contributed by atoms with Crippen molar-refractivity contribution in [3.05, 3.63) is 81.9 Å². The molecule has 0 fully saturated rings. The van der Waals surface area contributed by atoms with Gasteiger partial charge in [-0.15, -0.1) is 0 Å². The summed E-state index contributed by atoms with van der Waals surface area (Å²) in [5, 5.41) is 0.937. The Balaban J connectivity index is 1.70. The number of nitrogens with zero attached hydrogens (tertiary/aromatic N) is 3. The molecule has 0 aliphatic carbocycles. The van der Waals surface area contributed by atoms with E-state index in [4.69, 9.17) is 4.74 Å². The van der Waals surface area contributed by atoms with Gasteiger partial charge in [0.2, 0.25) is 0 Å². The molecule has 0 saturated heterocycles. The average molecular weight is 408 g/mol. The van der Waals surface area contributed by atoms with Crippen molar-refractivity contribution in [2.75, 3.05) is 0 Å². The molecular weight excluding hydrogens is 394 g/mol. The molecule has 0 unspecified atom stereocenters. The zero-order valence-electron chi connectivity index (χ0n) is 13.9. The van der Waals surface area contributed by atoms with Crippen LogP contribution in [0.4, 0.5) is 0 Å². The van der Waals surface area contributed by atoms with Crippen molar-refractivity contribution in [3.8, 4) is 22.8 Å². The number of rotatable bonds is 3. The summed E-state index contributed by atoms with van der Waals surface area (Å²) in [5.41, 5.74) is 1.98. The molecule has 0 saturated carbocycles. The Morgan fingerprint density at radius 3 is 2.73 bits per heavy atom. The summed E-state index contributed by atoms with van der Waals surface area (Å²) >= 11 is 3.33. The van der Waals surface area contributed by atoms with Crippen molar-refractivity contribution in [2.45, 2.75) is 0 Å². The zero-order chi connectivity index (χ0) is 18.1. The molecule has 0 amide bonds. The Labute approximate surface area is 158 Å². The largest absolute Gasteiger partial charge is 0.457 e. The number of halogens is 1. The third kappa shape index (κ3) is 3.23. The molecule has 0 aliphatic rings. The number of pyridine rings is 3. The van der Waals surface area contributed by atoms with Gasteiger partial charge in [0.1, 0.15) is 16.1 Å². The van der Waals surface area contributed by atoms with E-state index >= 15 is 0 Å². The lowest BCUT2D eigenvalue weighted by Crippen LogP contribution is -2.17. The number of fused-ring (bicyclic) bond motifs is 1. The fourth-order valence-electron chi connectivity index (χ4n) is 2.69. The highest BCUT2D eigenvalue weighted by atomic mass is 79.9. The van der Waals surface area contributed by atoms with Crippen LogP contribution < -0.4 is 10.3 Å². The zero-order valence-corrected chi connectivity index (χ0v) is 15.5. The molecule has 0 radical (unpaired) electrons. The fourth-order valence-corrected chi connectivity index (χ4v) is 3.04.